The van der Waals surface area contributed by atoms with Gasteiger partial charge in [-0.2, -0.15) is 13.2 Å². The van der Waals surface area contributed by atoms with Crippen LogP contribution in [-0.4, -0.2) is 12.2 Å². The lowest BCUT2D eigenvalue weighted by molar-refractivity contribution is -0.183. The first-order chi connectivity index (χ1) is 8.45. The fourth-order valence-electron chi connectivity index (χ4n) is 2.36. The number of alkyl halides is 3. The Labute approximate surface area is 113 Å². The highest BCUT2D eigenvalue weighted by atomic mass is 35.5. The van der Waals surface area contributed by atoms with E-state index in [0.29, 0.717) is 17.3 Å². The number of rotatable bonds is 3. The van der Waals surface area contributed by atoms with Crippen LogP contribution in [0.4, 0.5) is 13.2 Å². The number of hydrogen-bond donors (Lipinski definition) is 1. The molecule has 0 radical (unpaired) electrons. The van der Waals surface area contributed by atoms with Crippen LogP contribution in [0.5, 0.6) is 0 Å². The van der Waals surface area contributed by atoms with Crippen LogP contribution in [-0.2, 0) is 6.54 Å². The molecule has 2 rings (SSSR count). The molecule has 0 amide bonds. The average molecular weight is 298 g/mol. The van der Waals surface area contributed by atoms with Crippen molar-refractivity contribution in [2.75, 3.05) is 0 Å². The molecular formula is C12H15ClF3NS. The highest BCUT2D eigenvalue weighted by Crippen LogP contribution is 2.37. The minimum Gasteiger partial charge on any atom is -0.309 e. The minimum absolute atomic E-state index is 0.0359. The lowest BCUT2D eigenvalue weighted by Gasteiger charge is -2.31. The molecule has 0 saturated heterocycles. The van der Waals surface area contributed by atoms with E-state index in [4.69, 9.17) is 11.6 Å². The van der Waals surface area contributed by atoms with Gasteiger partial charge in [0.05, 0.1) is 10.3 Å². The van der Waals surface area contributed by atoms with Crippen molar-refractivity contribution in [3.63, 3.8) is 0 Å². The molecule has 102 valence electrons. The van der Waals surface area contributed by atoms with Crippen LogP contribution in [0.15, 0.2) is 12.1 Å². The van der Waals surface area contributed by atoms with Gasteiger partial charge >= 0.3 is 6.18 Å². The van der Waals surface area contributed by atoms with Crippen molar-refractivity contribution < 1.29 is 13.2 Å². The molecule has 1 saturated carbocycles. The van der Waals surface area contributed by atoms with Gasteiger partial charge in [0.25, 0.3) is 0 Å². The summed E-state index contributed by atoms with van der Waals surface area (Å²) in [6.07, 6.45) is -2.11. The SMILES string of the molecule is FC(F)(F)C1CCCC(NCc2ccc(Cl)s2)C1. The average Bonchev–Trinajstić information content (AvgIpc) is 2.72. The van der Waals surface area contributed by atoms with Crippen LogP contribution in [0, 0.1) is 5.92 Å². The largest absolute Gasteiger partial charge is 0.391 e. The first kappa shape index (κ1) is 14.2. The Kier molecular flexibility index (Phi) is 4.56. The van der Waals surface area contributed by atoms with Gasteiger partial charge in [-0.25, -0.2) is 0 Å². The van der Waals surface area contributed by atoms with Crippen LogP contribution >= 0.6 is 22.9 Å². The van der Waals surface area contributed by atoms with Crippen LogP contribution in [0.1, 0.15) is 30.6 Å². The lowest BCUT2D eigenvalue weighted by atomic mass is 9.85. The first-order valence-electron chi connectivity index (χ1n) is 5.99. The van der Waals surface area contributed by atoms with Gasteiger partial charge < -0.3 is 5.32 Å². The van der Waals surface area contributed by atoms with E-state index >= 15 is 0 Å². The third-order valence-electron chi connectivity index (χ3n) is 3.33. The Bertz CT molecular complexity index is 391. The number of halogens is 4. The number of hydrogen-bond acceptors (Lipinski definition) is 2. The Hall–Kier alpha value is -0.260. The zero-order valence-electron chi connectivity index (χ0n) is 9.77. The molecule has 2 atom stereocenters. The predicted octanol–water partition coefficient (Wildman–Crippen LogP) is 4.61. The van der Waals surface area contributed by atoms with Gasteiger partial charge in [-0.15, -0.1) is 11.3 Å². The summed E-state index contributed by atoms with van der Waals surface area (Å²) in [6.45, 7) is 0.604. The normalized spacial score (nSPS) is 25.3. The summed E-state index contributed by atoms with van der Waals surface area (Å²) >= 11 is 7.27. The molecule has 1 heterocycles. The van der Waals surface area contributed by atoms with E-state index in [1.807, 2.05) is 12.1 Å². The van der Waals surface area contributed by atoms with E-state index in [1.165, 1.54) is 11.3 Å². The van der Waals surface area contributed by atoms with Crippen LogP contribution < -0.4 is 5.32 Å². The van der Waals surface area contributed by atoms with Crippen molar-refractivity contribution in [1.82, 2.24) is 5.32 Å². The van der Waals surface area contributed by atoms with E-state index < -0.39 is 12.1 Å². The molecule has 18 heavy (non-hydrogen) atoms. The summed E-state index contributed by atoms with van der Waals surface area (Å²) in [6, 6.07) is 3.68. The molecular weight excluding hydrogens is 283 g/mol. The summed E-state index contributed by atoms with van der Waals surface area (Å²) in [4.78, 5) is 1.06. The van der Waals surface area contributed by atoms with Crippen molar-refractivity contribution in [2.24, 2.45) is 5.92 Å². The Morgan fingerprint density at radius 3 is 2.72 bits per heavy atom. The summed E-state index contributed by atoms with van der Waals surface area (Å²) in [5.41, 5.74) is 0. The van der Waals surface area contributed by atoms with Gasteiger partial charge in [0, 0.05) is 17.5 Å². The summed E-state index contributed by atoms with van der Waals surface area (Å²) in [7, 11) is 0. The lowest BCUT2D eigenvalue weighted by Crippen LogP contribution is -2.38. The molecule has 1 aliphatic rings. The standard InChI is InChI=1S/C12H15ClF3NS/c13-11-5-4-10(18-11)7-17-9-3-1-2-8(6-9)12(14,15)16/h4-5,8-9,17H,1-3,6-7H2. The fourth-order valence-corrected chi connectivity index (χ4v) is 3.40. The van der Waals surface area contributed by atoms with Gasteiger partial charge in [0.1, 0.15) is 0 Å². The molecule has 1 N–H and O–H groups in total. The van der Waals surface area contributed by atoms with Crippen LogP contribution in [0.2, 0.25) is 4.34 Å². The monoisotopic (exact) mass is 297 g/mol. The third kappa shape index (κ3) is 3.87. The molecule has 1 aromatic rings. The summed E-state index contributed by atoms with van der Waals surface area (Å²) in [5.74, 6) is -1.14. The van der Waals surface area contributed by atoms with E-state index in [-0.39, 0.29) is 18.9 Å². The van der Waals surface area contributed by atoms with Crippen molar-refractivity contribution in [2.45, 2.75) is 44.4 Å². The fraction of sp³-hybridized carbons (Fsp3) is 0.667. The maximum absolute atomic E-state index is 12.6. The van der Waals surface area contributed by atoms with Crippen molar-refractivity contribution in [3.05, 3.63) is 21.3 Å². The molecule has 1 fully saturated rings. The van der Waals surface area contributed by atoms with E-state index in [9.17, 15) is 13.2 Å². The molecule has 0 aromatic carbocycles. The smallest absolute Gasteiger partial charge is 0.309 e. The second kappa shape index (κ2) is 5.80. The molecule has 0 bridgehead atoms. The molecule has 0 aliphatic heterocycles. The Balaban J connectivity index is 1.83. The number of nitrogens with one attached hydrogen (secondary N) is 1. The second-order valence-corrected chi connectivity index (χ2v) is 6.49. The topological polar surface area (TPSA) is 12.0 Å². The molecule has 1 aliphatic carbocycles. The Morgan fingerprint density at radius 2 is 2.11 bits per heavy atom. The van der Waals surface area contributed by atoms with Crippen LogP contribution in [0.25, 0.3) is 0 Å². The van der Waals surface area contributed by atoms with Gasteiger partial charge in [-0.05, 0) is 31.4 Å². The van der Waals surface area contributed by atoms with Gasteiger partial charge in [0.15, 0.2) is 0 Å². The van der Waals surface area contributed by atoms with Gasteiger partial charge in [0.2, 0.25) is 0 Å². The molecule has 6 heteroatoms. The molecule has 1 aromatic heterocycles. The molecule has 1 nitrogen and oxygen atoms in total. The van der Waals surface area contributed by atoms with Crippen molar-refractivity contribution in [3.8, 4) is 0 Å². The summed E-state index contributed by atoms with van der Waals surface area (Å²) < 4.78 is 38.6. The maximum atomic E-state index is 12.6. The number of thiophene rings is 1. The van der Waals surface area contributed by atoms with Crippen molar-refractivity contribution in [1.29, 1.82) is 0 Å². The molecule has 2 unspecified atom stereocenters. The van der Waals surface area contributed by atoms with Gasteiger partial charge in [-0.3, -0.25) is 0 Å². The van der Waals surface area contributed by atoms with Crippen LogP contribution in [0.3, 0.4) is 0 Å². The minimum atomic E-state index is -4.05. The third-order valence-corrected chi connectivity index (χ3v) is 4.56. The van der Waals surface area contributed by atoms with E-state index in [0.717, 1.165) is 11.3 Å². The van der Waals surface area contributed by atoms with Crippen molar-refractivity contribution >= 4 is 22.9 Å². The summed E-state index contributed by atoms with van der Waals surface area (Å²) in [5, 5.41) is 3.21. The molecule has 0 spiro atoms. The predicted molar refractivity (Wildman–Crippen MR) is 68.0 cm³/mol. The van der Waals surface area contributed by atoms with E-state index in [1.54, 1.807) is 0 Å². The Morgan fingerprint density at radius 1 is 1.33 bits per heavy atom. The van der Waals surface area contributed by atoms with E-state index in [2.05, 4.69) is 5.32 Å². The highest BCUT2D eigenvalue weighted by Gasteiger charge is 2.41. The zero-order chi connectivity index (χ0) is 13.2. The maximum Gasteiger partial charge on any atom is 0.391 e. The quantitative estimate of drug-likeness (QED) is 0.859. The zero-order valence-corrected chi connectivity index (χ0v) is 11.3. The van der Waals surface area contributed by atoms with Gasteiger partial charge in [-0.1, -0.05) is 18.0 Å². The second-order valence-electron chi connectivity index (χ2n) is 4.69. The first-order valence-corrected chi connectivity index (χ1v) is 7.19. The highest BCUT2D eigenvalue weighted by molar-refractivity contribution is 7.16.